The summed E-state index contributed by atoms with van der Waals surface area (Å²) in [6, 6.07) is -0.0120. The van der Waals surface area contributed by atoms with Gasteiger partial charge in [0.1, 0.15) is 0 Å². The summed E-state index contributed by atoms with van der Waals surface area (Å²) in [5.74, 6) is 0.247. The molecule has 1 amide bonds. The highest BCUT2D eigenvalue weighted by molar-refractivity contribution is 5.81. The summed E-state index contributed by atoms with van der Waals surface area (Å²) in [5, 5.41) is 4.25. The molecule has 1 atom stereocenters. The second-order valence-electron chi connectivity index (χ2n) is 4.32. The van der Waals surface area contributed by atoms with Crippen molar-refractivity contribution >= 4 is 5.91 Å². The Kier molecular flexibility index (Phi) is 4.15. The summed E-state index contributed by atoms with van der Waals surface area (Å²) in [4.78, 5) is 16.3. The summed E-state index contributed by atoms with van der Waals surface area (Å²) < 4.78 is 5.29. The first kappa shape index (κ1) is 11.8. The van der Waals surface area contributed by atoms with Crippen LogP contribution in [0, 0.1) is 0 Å². The molecule has 0 aromatic heterocycles. The highest BCUT2D eigenvalue weighted by Gasteiger charge is 2.27. The van der Waals surface area contributed by atoms with E-state index in [1.807, 2.05) is 11.8 Å². The molecule has 1 unspecified atom stereocenters. The van der Waals surface area contributed by atoms with Gasteiger partial charge in [0, 0.05) is 39.3 Å². The Balaban J connectivity index is 1.86. The molecule has 91 valence electrons. The molecule has 5 heteroatoms. The zero-order valence-corrected chi connectivity index (χ0v) is 9.89. The minimum Gasteiger partial charge on any atom is -0.379 e. The average Bonchev–Trinajstić information content (AvgIpc) is 2.39. The Morgan fingerprint density at radius 2 is 1.81 bits per heavy atom. The smallest absolute Gasteiger partial charge is 0.239 e. The van der Waals surface area contributed by atoms with Crippen LogP contribution in [0.1, 0.15) is 6.92 Å². The van der Waals surface area contributed by atoms with Crippen molar-refractivity contribution < 1.29 is 9.53 Å². The molecular weight excluding hydrogens is 206 g/mol. The molecule has 0 spiro atoms. The minimum absolute atomic E-state index is 0.0120. The Morgan fingerprint density at radius 3 is 2.44 bits per heavy atom. The van der Waals surface area contributed by atoms with Gasteiger partial charge < -0.3 is 9.64 Å². The summed E-state index contributed by atoms with van der Waals surface area (Å²) in [5.41, 5.74) is 0. The molecule has 2 heterocycles. The van der Waals surface area contributed by atoms with Crippen LogP contribution in [0.15, 0.2) is 0 Å². The molecule has 0 bridgehead atoms. The largest absolute Gasteiger partial charge is 0.379 e. The van der Waals surface area contributed by atoms with Crippen LogP contribution in [0.4, 0.5) is 0 Å². The third-order valence-corrected chi connectivity index (χ3v) is 3.32. The highest BCUT2D eigenvalue weighted by atomic mass is 16.5. The first-order chi connectivity index (χ1) is 7.79. The summed E-state index contributed by atoms with van der Waals surface area (Å²) in [6.07, 6.45) is 0. The zero-order valence-electron chi connectivity index (χ0n) is 9.89. The van der Waals surface area contributed by atoms with Gasteiger partial charge in [-0.1, -0.05) is 0 Å². The molecule has 1 radical (unpaired) electrons. The number of hydrogen-bond donors (Lipinski definition) is 0. The third kappa shape index (κ3) is 2.72. The quantitative estimate of drug-likeness (QED) is 0.616. The van der Waals surface area contributed by atoms with Crippen LogP contribution in [0.5, 0.6) is 0 Å². The van der Waals surface area contributed by atoms with Crippen LogP contribution >= 0.6 is 0 Å². The van der Waals surface area contributed by atoms with Gasteiger partial charge in [0.15, 0.2) is 0 Å². The van der Waals surface area contributed by atoms with Crippen LogP contribution < -0.4 is 5.32 Å². The van der Waals surface area contributed by atoms with Crippen LogP contribution in [-0.2, 0) is 9.53 Å². The van der Waals surface area contributed by atoms with Gasteiger partial charge in [-0.15, -0.1) is 0 Å². The van der Waals surface area contributed by atoms with Gasteiger partial charge in [-0.3, -0.25) is 9.69 Å². The molecule has 2 fully saturated rings. The van der Waals surface area contributed by atoms with Gasteiger partial charge in [0.05, 0.1) is 19.3 Å². The molecule has 0 aromatic carbocycles. The van der Waals surface area contributed by atoms with Gasteiger partial charge in [-0.05, 0) is 6.92 Å². The SMILES string of the molecule is CC(C(=O)N1CC[N]CC1)N1CCOCC1. The van der Waals surface area contributed by atoms with E-state index < -0.39 is 0 Å². The lowest BCUT2D eigenvalue weighted by atomic mass is 10.2. The Morgan fingerprint density at radius 1 is 1.19 bits per heavy atom. The van der Waals surface area contributed by atoms with Gasteiger partial charge in [-0.25, -0.2) is 5.32 Å². The number of morpholine rings is 1. The Hall–Kier alpha value is -0.650. The number of carbonyl (C=O) groups is 1. The molecule has 2 aliphatic rings. The molecule has 0 aliphatic carbocycles. The zero-order chi connectivity index (χ0) is 11.4. The van der Waals surface area contributed by atoms with Crippen LogP contribution in [0.2, 0.25) is 0 Å². The van der Waals surface area contributed by atoms with Gasteiger partial charge in [-0.2, -0.15) is 0 Å². The fourth-order valence-corrected chi connectivity index (χ4v) is 2.21. The van der Waals surface area contributed by atoms with Crippen molar-refractivity contribution in [2.24, 2.45) is 0 Å². The standard InChI is InChI=1S/C11H20N3O2/c1-10(13-6-8-16-9-7-13)11(15)14-4-2-12-3-5-14/h10H,2-9H2,1H3. The molecule has 0 saturated carbocycles. The van der Waals surface area contributed by atoms with Crippen molar-refractivity contribution in [3.8, 4) is 0 Å². The molecule has 16 heavy (non-hydrogen) atoms. The fraction of sp³-hybridized carbons (Fsp3) is 0.909. The topological polar surface area (TPSA) is 46.9 Å². The van der Waals surface area contributed by atoms with Crippen molar-refractivity contribution in [2.45, 2.75) is 13.0 Å². The van der Waals surface area contributed by atoms with E-state index in [0.717, 1.165) is 52.5 Å². The predicted octanol–water partition coefficient (Wildman–Crippen LogP) is -0.846. The van der Waals surface area contributed by atoms with Crippen LogP contribution in [0.25, 0.3) is 0 Å². The number of nitrogens with zero attached hydrogens (tertiary/aromatic N) is 3. The molecule has 0 N–H and O–H groups in total. The van der Waals surface area contributed by atoms with E-state index in [9.17, 15) is 4.79 Å². The summed E-state index contributed by atoms with van der Waals surface area (Å²) in [6.45, 7) is 8.37. The first-order valence-electron chi connectivity index (χ1n) is 6.03. The minimum atomic E-state index is -0.0120. The van der Waals surface area contributed by atoms with Crippen LogP contribution in [0.3, 0.4) is 0 Å². The molecule has 2 aliphatic heterocycles. The lowest BCUT2D eigenvalue weighted by Crippen LogP contribution is -2.54. The van der Waals surface area contributed by atoms with E-state index >= 15 is 0 Å². The normalized spacial score (nSPS) is 25.4. The van der Waals surface area contributed by atoms with E-state index in [1.165, 1.54) is 0 Å². The van der Waals surface area contributed by atoms with Crippen molar-refractivity contribution in [3.63, 3.8) is 0 Å². The predicted molar refractivity (Wildman–Crippen MR) is 60.3 cm³/mol. The van der Waals surface area contributed by atoms with E-state index in [0.29, 0.717) is 0 Å². The maximum Gasteiger partial charge on any atom is 0.239 e. The molecular formula is C11H20N3O2. The Bertz CT molecular complexity index is 235. The number of ether oxygens (including phenoxy) is 1. The number of piperazine rings is 1. The van der Waals surface area contributed by atoms with Gasteiger partial charge >= 0.3 is 0 Å². The molecule has 2 saturated heterocycles. The lowest BCUT2D eigenvalue weighted by Gasteiger charge is -2.35. The van der Waals surface area contributed by atoms with Gasteiger partial charge in [0.25, 0.3) is 0 Å². The van der Waals surface area contributed by atoms with Crippen molar-refractivity contribution in [1.82, 2.24) is 15.1 Å². The summed E-state index contributed by atoms with van der Waals surface area (Å²) in [7, 11) is 0. The van der Waals surface area contributed by atoms with Crippen LogP contribution in [-0.4, -0.2) is 74.2 Å². The molecule has 2 rings (SSSR count). The fourth-order valence-electron chi connectivity index (χ4n) is 2.21. The molecule has 5 nitrogen and oxygen atoms in total. The maximum atomic E-state index is 12.2. The second kappa shape index (κ2) is 5.61. The number of hydrogen-bond acceptors (Lipinski definition) is 3. The summed E-state index contributed by atoms with van der Waals surface area (Å²) >= 11 is 0. The Labute approximate surface area is 96.7 Å². The second-order valence-corrected chi connectivity index (χ2v) is 4.32. The number of rotatable bonds is 2. The third-order valence-electron chi connectivity index (χ3n) is 3.32. The highest BCUT2D eigenvalue weighted by Crippen LogP contribution is 2.08. The first-order valence-corrected chi connectivity index (χ1v) is 6.03. The maximum absolute atomic E-state index is 12.2. The van der Waals surface area contributed by atoms with E-state index in [-0.39, 0.29) is 11.9 Å². The van der Waals surface area contributed by atoms with E-state index in [4.69, 9.17) is 4.74 Å². The number of carbonyl (C=O) groups excluding carboxylic acids is 1. The lowest BCUT2D eigenvalue weighted by molar-refractivity contribution is -0.138. The van der Waals surface area contributed by atoms with E-state index in [1.54, 1.807) is 0 Å². The van der Waals surface area contributed by atoms with E-state index in [2.05, 4.69) is 10.2 Å². The molecule has 0 aromatic rings. The monoisotopic (exact) mass is 226 g/mol. The average molecular weight is 226 g/mol. The van der Waals surface area contributed by atoms with Crippen molar-refractivity contribution in [3.05, 3.63) is 0 Å². The van der Waals surface area contributed by atoms with Gasteiger partial charge in [0.2, 0.25) is 5.91 Å². The van der Waals surface area contributed by atoms with Crippen molar-refractivity contribution in [2.75, 3.05) is 52.5 Å². The number of amides is 1. The van der Waals surface area contributed by atoms with Crippen molar-refractivity contribution in [1.29, 1.82) is 0 Å².